The van der Waals surface area contributed by atoms with Crippen molar-refractivity contribution in [2.45, 2.75) is 31.3 Å². The van der Waals surface area contributed by atoms with Gasteiger partial charge in [-0.25, -0.2) is 9.95 Å². The Kier molecular flexibility index (Phi) is 6.49. The average molecular weight is 697 g/mol. The van der Waals surface area contributed by atoms with E-state index in [-0.39, 0.29) is 67.1 Å². The third-order valence-corrected chi connectivity index (χ3v) is 4.94. The predicted molar refractivity (Wildman–Crippen MR) is 71.1 cm³/mol. The predicted octanol–water partition coefficient (Wildman–Crippen LogP) is 0.986. The SMILES string of the molecule is O=C1N2CC(N1OS(=O)(=O)O)C1(CC1)CC2c1c[c-]on1.[CH3-].[W+2].[W]. The van der Waals surface area contributed by atoms with Gasteiger partial charge in [0.05, 0.1) is 6.04 Å². The molecule has 1 aromatic rings. The van der Waals surface area contributed by atoms with Crippen LogP contribution in [0.4, 0.5) is 4.79 Å². The fourth-order valence-electron chi connectivity index (χ4n) is 3.43. The summed E-state index contributed by atoms with van der Waals surface area (Å²) >= 11 is 0. The molecule has 1 aromatic heterocycles. The van der Waals surface area contributed by atoms with Gasteiger partial charge in [0.1, 0.15) is 0 Å². The van der Waals surface area contributed by atoms with E-state index in [1.807, 2.05) is 0 Å². The summed E-state index contributed by atoms with van der Waals surface area (Å²) in [4.78, 5) is 13.9. The van der Waals surface area contributed by atoms with Crippen LogP contribution in [0.1, 0.15) is 31.0 Å². The molecule has 12 heteroatoms. The topological polar surface area (TPSA) is 113 Å². The van der Waals surface area contributed by atoms with Gasteiger partial charge in [0.25, 0.3) is 0 Å². The molecule has 4 rings (SSSR count). The monoisotopic (exact) mass is 697 g/mol. The Hall–Kier alpha value is -0.273. The molecule has 132 valence electrons. The summed E-state index contributed by atoms with van der Waals surface area (Å²) in [6.45, 7) is 0.339. The number of fused-ring (bicyclic) bond motifs is 3. The number of urea groups is 1. The molecule has 1 N–H and O–H groups in total. The molecule has 2 amide bonds. The van der Waals surface area contributed by atoms with Crippen molar-refractivity contribution in [3.05, 3.63) is 25.5 Å². The van der Waals surface area contributed by atoms with E-state index < -0.39 is 16.4 Å². The van der Waals surface area contributed by atoms with Crippen LogP contribution in [0, 0.1) is 19.1 Å². The number of carbonyl (C=O) groups excluding carboxylic acids is 1. The minimum atomic E-state index is -4.73. The summed E-state index contributed by atoms with van der Waals surface area (Å²) in [5.74, 6) is 0. The summed E-state index contributed by atoms with van der Waals surface area (Å²) < 4.78 is 40.0. The molecule has 1 aliphatic carbocycles. The molecular weight excluding hydrogens is 682 g/mol. The minimum Gasteiger partial charge on any atom is -0.480 e. The Morgan fingerprint density at radius 1 is 1.46 bits per heavy atom. The molecule has 3 aliphatic rings. The second kappa shape index (κ2) is 7.15. The van der Waals surface area contributed by atoms with Crippen molar-refractivity contribution in [3.63, 3.8) is 0 Å². The van der Waals surface area contributed by atoms with E-state index in [4.69, 9.17) is 9.08 Å². The molecule has 2 saturated heterocycles. The van der Waals surface area contributed by atoms with Gasteiger partial charge in [-0.05, 0) is 36.6 Å². The Labute approximate surface area is 168 Å². The van der Waals surface area contributed by atoms with Crippen molar-refractivity contribution in [2.24, 2.45) is 5.41 Å². The maximum absolute atomic E-state index is 12.4. The van der Waals surface area contributed by atoms with Gasteiger partial charge in [-0.2, -0.15) is 19.5 Å². The first-order valence-corrected chi connectivity index (χ1v) is 7.86. The number of amides is 2. The summed E-state index contributed by atoms with van der Waals surface area (Å²) in [5, 5.41) is 4.62. The van der Waals surface area contributed by atoms with E-state index in [2.05, 4.69) is 15.7 Å². The molecule has 0 aromatic carbocycles. The zero-order valence-electron chi connectivity index (χ0n) is 12.6. The van der Waals surface area contributed by atoms with Crippen LogP contribution in [0.25, 0.3) is 0 Å². The number of hydrogen-bond acceptors (Lipinski definition) is 6. The van der Waals surface area contributed by atoms with Crippen molar-refractivity contribution < 1.29 is 68.7 Å². The standard InChI is InChI=1S/C11H12N3O6S.CH3.2W/c15-10-13-6-9(14(10)20-21(16,17)18)11(2-3-11)5-8(13)7-1-4-19-12-7;;;/h1,8-9H,2-3,5-6H2,(H,16,17,18);1H3;;/q2*-1;;+2. The van der Waals surface area contributed by atoms with Gasteiger partial charge in [-0.3, -0.25) is 4.55 Å². The maximum atomic E-state index is 12.4. The molecule has 9 nitrogen and oxygen atoms in total. The van der Waals surface area contributed by atoms with E-state index in [1.165, 1.54) is 4.90 Å². The zero-order valence-corrected chi connectivity index (χ0v) is 19.3. The Bertz CT molecular complexity index is 694. The molecule has 1 saturated carbocycles. The van der Waals surface area contributed by atoms with Gasteiger partial charge >= 0.3 is 37.5 Å². The number of hydroxylamine groups is 2. The van der Waals surface area contributed by atoms with Crippen molar-refractivity contribution >= 4 is 16.4 Å². The second-order valence-corrected chi connectivity index (χ2v) is 6.74. The summed E-state index contributed by atoms with van der Waals surface area (Å²) in [6.07, 6.45) is 4.91. The number of nitrogens with zero attached hydrogens (tertiary/aromatic N) is 3. The molecule has 2 unspecified atom stereocenters. The molecule has 2 aliphatic heterocycles. The molecule has 3 fully saturated rings. The van der Waals surface area contributed by atoms with Crippen LogP contribution in [0.15, 0.2) is 10.6 Å². The summed E-state index contributed by atoms with van der Waals surface area (Å²) in [5.41, 5.74) is 0.401. The fourth-order valence-corrected chi connectivity index (χ4v) is 3.80. The van der Waals surface area contributed by atoms with Crippen LogP contribution in [0.3, 0.4) is 0 Å². The van der Waals surface area contributed by atoms with Gasteiger partial charge in [0.15, 0.2) is 0 Å². The van der Waals surface area contributed by atoms with Crippen molar-refractivity contribution in [2.75, 3.05) is 6.54 Å². The number of aromatic nitrogens is 1. The average Bonchev–Trinajstić information content (AvgIpc) is 2.87. The van der Waals surface area contributed by atoms with Crippen LogP contribution < -0.4 is 0 Å². The van der Waals surface area contributed by atoms with Crippen molar-refractivity contribution in [1.29, 1.82) is 0 Å². The van der Waals surface area contributed by atoms with Crippen molar-refractivity contribution in [1.82, 2.24) is 15.1 Å². The second-order valence-electron chi connectivity index (χ2n) is 5.73. The van der Waals surface area contributed by atoms with E-state index in [0.29, 0.717) is 18.7 Å². The Morgan fingerprint density at radius 3 is 2.62 bits per heavy atom. The fraction of sp³-hybridized carbons (Fsp3) is 0.583. The van der Waals surface area contributed by atoms with Crippen LogP contribution in [0.5, 0.6) is 0 Å². The first-order valence-electron chi connectivity index (χ1n) is 6.49. The van der Waals surface area contributed by atoms with Crippen LogP contribution in [0.2, 0.25) is 0 Å². The molecule has 1 spiro atoms. The number of rotatable bonds is 3. The summed E-state index contributed by atoms with van der Waals surface area (Å²) in [7, 11) is -4.73. The number of piperidine rings is 1. The Balaban J connectivity index is 0.000000960. The summed E-state index contributed by atoms with van der Waals surface area (Å²) in [6, 6.07) is 0.315. The third-order valence-electron chi connectivity index (χ3n) is 4.59. The van der Waals surface area contributed by atoms with Gasteiger partial charge < -0.3 is 16.8 Å². The smallest absolute Gasteiger partial charge is 0.480 e. The molecule has 2 atom stereocenters. The zero-order chi connectivity index (χ0) is 14.8. The van der Waals surface area contributed by atoms with E-state index in [9.17, 15) is 13.2 Å². The molecule has 2 bridgehead atoms. The normalized spacial score (nSPS) is 26.5. The Morgan fingerprint density at radius 2 is 2.12 bits per heavy atom. The maximum Gasteiger partial charge on any atom is 2.00 e. The van der Waals surface area contributed by atoms with Crippen molar-refractivity contribution in [3.8, 4) is 0 Å². The molecular formula is C12H15N3O6SW2. The van der Waals surface area contributed by atoms with Crippen LogP contribution in [-0.2, 0) is 56.8 Å². The minimum absolute atomic E-state index is 0. The van der Waals surface area contributed by atoms with E-state index in [0.717, 1.165) is 17.9 Å². The van der Waals surface area contributed by atoms with Gasteiger partial charge in [-0.15, -0.1) is 4.28 Å². The van der Waals surface area contributed by atoms with Gasteiger partial charge in [-0.1, -0.05) is 0 Å². The molecule has 3 heterocycles. The van der Waals surface area contributed by atoms with E-state index in [1.54, 1.807) is 6.07 Å². The largest absolute Gasteiger partial charge is 2.00 e. The van der Waals surface area contributed by atoms with E-state index >= 15 is 0 Å². The number of carbonyl (C=O) groups is 1. The molecule has 24 heavy (non-hydrogen) atoms. The molecule has 0 radical (unpaired) electrons. The van der Waals surface area contributed by atoms with Gasteiger partial charge in [0.2, 0.25) is 0 Å². The van der Waals surface area contributed by atoms with Crippen LogP contribution >= 0.6 is 0 Å². The quantitative estimate of drug-likeness (QED) is 0.371. The van der Waals surface area contributed by atoms with Gasteiger partial charge in [0, 0.05) is 33.7 Å². The van der Waals surface area contributed by atoms with Crippen LogP contribution in [-0.4, -0.2) is 46.7 Å². The first kappa shape index (κ1) is 21.8. The number of hydrogen-bond donors (Lipinski definition) is 1. The third kappa shape index (κ3) is 3.49. The first-order chi connectivity index (χ1) is 9.90.